The first-order valence-electron chi connectivity index (χ1n) is 7.02. The molecule has 20 heavy (non-hydrogen) atoms. The Morgan fingerprint density at radius 1 is 1.35 bits per heavy atom. The second-order valence-electron chi connectivity index (χ2n) is 5.39. The summed E-state index contributed by atoms with van der Waals surface area (Å²) < 4.78 is 5.78. The van der Waals surface area contributed by atoms with E-state index in [1.54, 1.807) is 7.11 Å². The maximum atomic E-state index is 9.77. The fourth-order valence-electron chi connectivity index (χ4n) is 2.91. The molecule has 112 valence electrons. The van der Waals surface area contributed by atoms with Crippen molar-refractivity contribution in [1.29, 1.82) is 0 Å². The number of aliphatic hydroxyl groups excluding tert-OH is 1. The zero-order chi connectivity index (χ0) is 14.5. The molecule has 3 N–H and O–H groups in total. The van der Waals surface area contributed by atoms with Crippen molar-refractivity contribution >= 4 is 15.9 Å². The van der Waals surface area contributed by atoms with Crippen molar-refractivity contribution in [1.82, 2.24) is 5.32 Å². The van der Waals surface area contributed by atoms with Gasteiger partial charge in [0, 0.05) is 13.2 Å². The number of aromatic hydroxyl groups is 1. The van der Waals surface area contributed by atoms with Crippen molar-refractivity contribution in [2.45, 2.75) is 25.8 Å². The van der Waals surface area contributed by atoms with Gasteiger partial charge in [0.25, 0.3) is 0 Å². The van der Waals surface area contributed by atoms with E-state index in [0.29, 0.717) is 28.7 Å². The molecule has 2 unspecified atom stereocenters. The Balaban J connectivity index is 1.89. The molecule has 0 aromatic heterocycles. The molecule has 1 aliphatic rings. The summed E-state index contributed by atoms with van der Waals surface area (Å²) in [6, 6.07) is 3.73. The molecule has 0 radical (unpaired) electrons. The molecule has 0 heterocycles. The van der Waals surface area contributed by atoms with E-state index in [2.05, 4.69) is 21.2 Å². The van der Waals surface area contributed by atoms with E-state index in [9.17, 15) is 10.2 Å². The summed E-state index contributed by atoms with van der Waals surface area (Å²) in [5, 5.41) is 22.5. The minimum atomic E-state index is 0.132. The van der Waals surface area contributed by atoms with E-state index >= 15 is 0 Å². The molecule has 1 fully saturated rings. The van der Waals surface area contributed by atoms with Crippen molar-refractivity contribution in [2.75, 3.05) is 20.3 Å². The summed E-state index contributed by atoms with van der Waals surface area (Å²) in [6.07, 6.45) is 3.55. The zero-order valence-electron chi connectivity index (χ0n) is 11.7. The molecule has 0 spiro atoms. The Morgan fingerprint density at radius 2 is 2.10 bits per heavy atom. The molecular weight excluding hydrogens is 322 g/mol. The van der Waals surface area contributed by atoms with E-state index in [1.165, 1.54) is 12.8 Å². The molecule has 0 saturated heterocycles. The SMILES string of the molecule is COc1cc(CNCC2CCCC2CO)cc(Br)c1O. The summed E-state index contributed by atoms with van der Waals surface area (Å²) in [5.74, 6) is 1.63. The summed E-state index contributed by atoms with van der Waals surface area (Å²) in [6.45, 7) is 1.95. The first-order valence-corrected chi connectivity index (χ1v) is 7.82. The Hall–Kier alpha value is -0.780. The maximum Gasteiger partial charge on any atom is 0.172 e. The maximum absolute atomic E-state index is 9.77. The molecule has 0 amide bonds. The number of benzene rings is 1. The second kappa shape index (κ2) is 7.29. The van der Waals surface area contributed by atoms with Crippen LogP contribution in [0.1, 0.15) is 24.8 Å². The monoisotopic (exact) mass is 343 g/mol. The van der Waals surface area contributed by atoms with Gasteiger partial charge in [-0.25, -0.2) is 0 Å². The van der Waals surface area contributed by atoms with Crippen LogP contribution in [-0.2, 0) is 6.54 Å². The molecule has 2 atom stereocenters. The van der Waals surface area contributed by atoms with Crippen LogP contribution in [0, 0.1) is 11.8 Å². The van der Waals surface area contributed by atoms with E-state index < -0.39 is 0 Å². The van der Waals surface area contributed by atoms with Gasteiger partial charge in [-0.3, -0.25) is 0 Å². The quantitative estimate of drug-likeness (QED) is 0.743. The van der Waals surface area contributed by atoms with E-state index in [4.69, 9.17) is 4.74 Å². The van der Waals surface area contributed by atoms with Gasteiger partial charge in [-0.2, -0.15) is 0 Å². The van der Waals surface area contributed by atoms with Crippen LogP contribution in [0.3, 0.4) is 0 Å². The average Bonchev–Trinajstić information content (AvgIpc) is 2.90. The van der Waals surface area contributed by atoms with Crippen LogP contribution in [0.2, 0.25) is 0 Å². The number of methoxy groups -OCH3 is 1. The summed E-state index contributed by atoms with van der Waals surface area (Å²) in [5.41, 5.74) is 1.06. The molecule has 1 aromatic rings. The fourth-order valence-corrected chi connectivity index (χ4v) is 3.40. The number of hydrogen-bond acceptors (Lipinski definition) is 4. The molecule has 2 rings (SSSR count). The van der Waals surface area contributed by atoms with Gasteiger partial charge in [-0.15, -0.1) is 0 Å². The highest BCUT2D eigenvalue weighted by Gasteiger charge is 2.25. The van der Waals surface area contributed by atoms with Crippen LogP contribution in [0.25, 0.3) is 0 Å². The van der Waals surface area contributed by atoms with Gasteiger partial charge >= 0.3 is 0 Å². The van der Waals surface area contributed by atoms with Crippen molar-refractivity contribution in [2.24, 2.45) is 11.8 Å². The predicted molar refractivity (Wildman–Crippen MR) is 82.0 cm³/mol. The van der Waals surface area contributed by atoms with Gasteiger partial charge in [0.1, 0.15) is 0 Å². The van der Waals surface area contributed by atoms with E-state index in [0.717, 1.165) is 25.1 Å². The molecule has 1 aromatic carbocycles. The number of rotatable bonds is 6. The molecule has 0 aliphatic heterocycles. The van der Waals surface area contributed by atoms with E-state index in [-0.39, 0.29) is 5.75 Å². The van der Waals surface area contributed by atoms with Crippen LogP contribution in [0.5, 0.6) is 11.5 Å². The minimum Gasteiger partial charge on any atom is -0.503 e. The highest BCUT2D eigenvalue weighted by molar-refractivity contribution is 9.10. The first kappa shape index (κ1) is 15.6. The van der Waals surface area contributed by atoms with Crippen LogP contribution < -0.4 is 10.1 Å². The number of nitrogens with one attached hydrogen (secondary N) is 1. The zero-order valence-corrected chi connectivity index (χ0v) is 13.3. The Bertz CT molecular complexity index is 453. The van der Waals surface area contributed by atoms with Crippen molar-refractivity contribution in [3.63, 3.8) is 0 Å². The lowest BCUT2D eigenvalue weighted by atomic mass is 9.97. The molecule has 0 bridgehead atoms. The summed E-state index contributed by atoms with van der Waals surface area (Å²) >= 11 is 3.33. The van der Waals surface area contributed by atoms with Crippen LogP contribution in [0.15, 0.2) is 16.6 Å². The van der Waals surface area contributed by atoms with Crippen LogP contribution in [0.4, 0.5) is 0 Å². The smallest absolute Gasteiger partial charge is 0.172 e. The first-order chi connectivity index (χ1) is 9.65. The third-order valence-electron chi connectivity index (χ3n) is 4.09. The minimum absolute atomic E-state index is 0.132. The molecule has 5 heteroatoms. The van der Waals surface area contributed by atoms with Crippen LogP contribution >= 0.6 is 15.9 Å². The van der Waals surface area contributed by atoms with Gasteiger partial charge in [0.05, 0.1) is 11.6 Å². The lowest BCUT2D eigenvalue weighted by molar-refractivity contribution is 0.192. The van der Waals surface area contributed by atoms with Gasteiger partial charge in [-0.1, -0.05) is 6.42 Å². The fraction of sp³-hybridized carbons (Fsp3) is 0.600. The van der Waals surface area contributed by atoms with Crippen molar-refractivity contribution in [3.8, 4) is 11.5 Å². The standard InChI is InChI=1S/C15H22BrNO3/c1-20-14-6-10(5-13(16)15(14)19)7-17-8-11-3-2-4-12(11)9-18/h5-6,11-12,17-19H,2-4,7-9H2,1H3. The molecule has 1 aliphatic carbocycles. The number of ether oxygens (including phenoxy) is 1. The lowest BCUT2D eigenvalue weighted by Crippen LogP contribution is -2.26. The Kier molecular flexibility index (Phi) is 5.69. The number of phenols is 1. The van der Waals surface area contributed by atoms with Gasteiger partial charge in [0.15, 0.2) is 11.5 Å². The molecular formula is C15H22BrNO3. The second-order valence-corrected chi connectivity index (χ2v) is 6.25. The number of aliphatic hydroxyl groups is 1. The highest BCUT2D eigenvalue weighted by atomic mass is 79.9. The number of halogens is 1. The Morgan fingerprint density at radius 3 is 2.80 bits per heavy atom. The van der Waals surface area contributed by atoms with Gasteiger partial charge in [0.2, 0.25) is 0 Å². The third-order valence-corrected chi connectivity index (χ3v) is 4.70. The largest absolute Gasteiger partial charge is 0.503 e. The highest BCUT2D eigenvalue weighted by Crippen LogP contribution is 2.35. The number of hydrogen-bond donors (Lipinski definition) is 3. The summed E-state index contributed by atoms with van der Waals surface area (Å²) in [4.78, 5) is 0. The van der Waals surface area contributed by atoms with E-state index in [1.807, 2.05) is 12.1 Å². The predicted octanol–water partition coefficient (Wildman–Crippen LogP) is 2.66. The Labute approximate surface area is 128 Å². The normalized spacial score (nSPS) is 22.1. The number of phenolic OH excluding ortho intramolecular Hbond substituents is 1. The van der Waals surface area contributed by atoms with Crippen molar-refractivity contribution < 1.29 is 14.9 Å². The van der Waals surface area contributed by atoms with Crippen LogP contribution in [-0.4, -0.2) is 30.5 Å². The molecule has 1 saturated carbocycles. The molecule has 4 nitrogen and oxygen atoms in total. The topological polar surface area (TPSA) is 61.7 Å². The van der Waals surface area contributed by atoms with Gasteiger partial charge < -0.3 is 20.3 Å². The summed E-state index contributed by atoms with van der Waals surface area (Å²) in [7, 11) is 1.54. The third kappa shape index (κ3) is 3.65. The van der Waals surface area contributed by atoms with Gasteiger partial charge in [-0.05, 0) is 64.8 Å². The lowest BCUT2D eigenvalue weighted by Gasteiger charge is -2.18. The average molecular weight is 344 g/mol. The van der Waals surface area contributed by atoms with Crippen molar-refractivity contribution in [3.05, 3.63) is 22.2 Å².